The Hall–Kier alpha value is -1.02. The van der Waals surface area contributed by atoms with E-state index in [1.165, 1.54) is 12.1 Å². The summed E-state index contributed by atoms with van der Waals surface area (Å²) < 4.78 is 26.3. The van der Waals surface area contributed by atoms with E-state index in [2.05, 4.69) is 0 Å². The largest absolute Gasteiger partial charge is 0.506 e. The Labute approximate surface area is 156 Å². The minimum absolute atomic E-state index is 0.0388. The predicted molar refractivity (Wildman–Crippen MR) is 94.5 cm³/mol. The number of halogens is 2. The first-order chi connectivity index (χ1) is 11.8. The van der Waals surface area contributed by atoms with Gasteiger partial charge in [0, 0.05) is 31.2 Å². The summed E-state index contributed by atoms with van der Waals surface area (Å²) in [6, 6.07) is 2.79. The van der Waals surface area contributed by atoms with Crippen molar-refractivity contribution >= 4 is 39.1 Å². The smallest absolute Gasteiger partial charge is 0.257 e. The fourth-order valence-electron chi connectivity index (χ4n) is 3.80. The lowest BCUT2D eigenvalue weighted by Crippen LogP contribution is -2.37. The van der Waals surface area contributed by atoms with Crippen LogP contribution in [0.4, 0.5) is 0 Å². The van der Waals surface area contributed by atoms with E-state index in [9.17, 15) is 18.3 Å². The van der Waals surface area contributed by atoms with Gasteiger partial charge in [0.1, 0.15) is 5.75 Å². The number of hydrogen-bond donors (Lipinski definition) is 1. The molecule has 2 atom stereocenters. The molecule has 0 bridgehead atoms. The molecule has 3 fully saturated rings. The average molecular weight is 405 g/mol. The molecule has 2 saturated heterocycles. The van der Waals surface area contributed by atoms with Crippen molar-refractivity contribution < 1.29 is 18.3 Å². The molecule has 3 aliphatic rings. The third kappa shape index (κ3) is 3.01. The van der Waals surface area contributed by atoms with Crippen LogP contribution in [0.3, 0.4) is 0 Å². The van der Waals surface area contributed by atoms with E-state index < -0.39 is 10.0 Å². The first-order valence-electron chi connectivity index (χ1n) is 8.23. The summed E-state index contributed by atoms with van der Waals surface area (Å²) in [6.45, 7) is 1.89. The Morgan fingerprint density at radius 2 is 1.68 bits per heavy atom. The highest BCUT2D eigenvalue weighted by Gasteiger charge is 2.49. The maximum atomic E-state index is 12.7. The molecule has 136 valence electrons. The van der Waals surface area contributed by atoms with E-state index in [0.717, 1.165) is 12.8 Å². The van der Waals surface area contributed by atoms with Gasteiger partial charge in [-0.05, 0) is 36.8 Å². The van der Waals surface area contributed by atoms with E-state index in [4.69, 9.17) is 23.2 Å². The van der Waals surface area contributed by atoms with Crippen molar-refractivity contribution in [3.63, 3.8) is 0 Å². The summed E-state index contributed by atoms with van der Waals surface area (Å²) in [5, 5.41) is 10.2. The highest BCUT2D eigenvalue weighted by Crippen LogP contribution is 2.39. The SMILES string of the molecule is O=C(c1cc(Cl)cc(Cl)c1O)N1CC2CN(S(=O)(=O)C3CC3)CC2C1. The third-order valence-corrected chi connectivity index (χ3v) is 8.14. The number of benzene rings is 1. The molecular weight excluding hydrogens is 387 g/mol. The Morgan fingerprint density at radius 1 is 1.08 bits per heavy atom. The van der Waals surface area contributed by atoms with E-state index in [-0.39, 0.29) is 44.4 Å². The second kappa shape index (κ2) is 6.01. The van der Waals surface area contributed by atoms with Crippen LogP contribution < -0.4 is 0 Å². The molecule has 0 aromatic heterocycles. The summed E-state index contributed by atoms with van der Waals surface area (Å²) >= 11 is 11.8. The number of amides is 1. The number of carbonyl (C=O) groups excluding carboxylic acids is 1. The Morgan fingerprint density at radius 3 is 2.24 bits per heavy atom. The minimum atomic E-state index is -3.16. The quantitative estimate of drug-likeness (QED) is 0.837. The fourth-order valence-corrected chi connectivity index (χ4v) is 6.25. The summed E-state index contributed by atoms with van der Waals surface area (Å²) in [7, 11) is -3.16. The number of phenolic OH excluding ortho intramolecular Hbond substituents is 1. The lowest BCUT2D eigenvalue weighted by Gasteiger charge is -2.22. The van der Waals surface area contributed by atoms with Gasteiger partial charge in [0.15, 0.2) is 0 Å². The predicted octanol–water partition coefficient (Wildman–Crippen LogP) is 2.20. The van der Waals surface area contributed by atoms with Gasteiger partial charge in [-0.3, -0.25) is 4.79 Å². The molecule has 1 aromatic carbocycles. The average Bonchev–Trinajstić information content (AvgIpc) is 3.21. The monoisotopic (exact) mass is 404 g/mol. The molecule has 1 aliphatic carbocycles. The van der Waals surface area contributed by atoms with Crippen LogP contribution in [0, 0.1) is 11.8 Å². The summed E-state index contributed by atoms with van der Waals surface area (Å²) in [4.78, 5) is 14.4. The molecular formula is C16H18Cl2N2O4S. The minimum Gasteiger partial charge on any atom is -0.506 e. The lowest BCUT2D eigenvalue weighted by molar-refractivity contribution is 0.0776. The van der Waals surface area contributed by atoms with Gasteiger partial charge in [-0.1, -0.05) is 23.2 Å². The van der Waals surface area contributed by atoms with Gasteiger partial charge in [0.2, 0.25) is 10.0 Å². The van der Waals surface area contributed by atoms with Gasteiger partial charge in [0.25, 0.3) is 5.91 Å². The van der Waals surface area contributed by atoms with Crippen LogP contribution in [0.5, 0.6) is 5.75 Å². The topological polar surface area (TPSA) is 77.9 Å². The number of likely N-dealkylation sites (tertiary alicyclic amines) is 1. The van der Waals surface area contributed by atoms with E-state index in [1.807, 2.05) is 0 Å². The van der Waals surface area contributed by atoms with Gasteiger partial charge in [-0.15, -0.1) is 0 Å². The zero-order valence-electron chi connectivity index (χ0n) is 13.4. The highest BCUT2D eigenvalue weighted by molar-refractivity contribution is 7.90. The molecule has 0 spiro atoms. The highest BCUT2D eigenvalue weighted by atomic mass is 35.5. The van der Waals surface area contributed by atoms with Crippen molar-refractivity contribution in [3.8, 4) is 5.75 Å². The first kappa shape index (κ1) is 17.4. The lowest BCUT2D eigenvalue weighted by atomic mass is 10.0. The molecule has 2 aliphatic heterocycles. The van der Waals surface area contributed by atoms with E-state index in [1.54, 1.807) is 9.21 Å². The zero-order valence-corrected chi connectivity index (χ0v) is 15.7. The number of nitrogens with zero attached hydrogens (tertiary/aromatic N) is 2. The van der Waals surface area contributed by atoms with Crippen molar-refractivity contribution in [1.82, 2.24) is 9.21 Å². The van der Waals surface area contributed by atoms with Crippen LogP contribution in [0.15, 0.2) is 12.1 Å². The van der Waals surface area contributed by atoms with Crippen LogP contribution in [0.25, 0.3) is 0 Å². The van der Waals surface area contributed by atoms with Crippen molar-refractivity contribution in [2.75, 3.05) is 26.2 Å². The van der Waals surface area contributed by atoms with Gasteiger partial charge in [-0.25, -0.2) is 12.7 Å². The normalized spacial score (nSPS) is 26.9. The Bertz CT molecular complexity index is 827. The van der Waals surface area contributed by atoms with Gasteiger partial charge in [-0.2, -0.15) is 0 Å². The molecule has 4 rings (SSSR count). The van der Waals surface area contributed by atoms with Crippen LogP contribution in [0.2, 0.25) is 10.0 Å². The zero-order chi connectivity index (χ0) is 17.9. The van der Waals surface area contributed by atoms with Gasteiger partial charge >= 0.3 is 0 Å². The fraction of sp³-hybridized carbons (Fsp3) is 0.562. The van der Waals surface area contributed by atoms with Crippen LogP contribution in [-0.4, -0.2) is 60.1 Å². The van der Waals surface area contributed by atoms with Crippen molar-refractivity contribution in [3.05, 3.63) is 27.7 Å². The molecule has 1 N–H and O–H groups in total. The summed E-state index contributed by atoms with van der Waals surface area (Å²) in [6.07, 6.45) is 1.52. The van der Waals surface area contributed by atoms with Crippen molar-refractivity contribution in [2.24, 2.45) is 11.8 Å². The van der Waals surface area contributed by atoms with Gasteiger partial charge < -0.3 is 10.0 Å². The number of hydrogen-bond acceptors (Lipinski definition) is 4. The molecule has 0 radical (unpaired) electrons. The molecule has 9 heteroatoms. The molecule has 1 amide bonds. The van der Waals surface area contributed by atoms with Crippen LogP contribution >= 0.6 is 23.2 Å². The first-order valence-corrected chi connectivity index (χ1v) is 10.5. The molecule has 2 heterocycles. The van der Waals surface area contributed by atoms with Crippen LogP contribution in [0.1, 0.15) is 23.2 Å². The second-order valence-corrected chi connectivity index (χ2v) is 10.1. The third-order valence-electron chi connectivity index (χ3n) is 5.30. The summed E-state index contributed by atoms with van der Waals surface area (Å²) in [5.41, 5.74) is 0.0833. The molecule has 6 nitrogen and oxygen atoms in total. The number of aromatic hydroxyl groups is 1. The molecule has 25 heavy (non-hydrogen) atoms. The van der Waals surface area contributed by atoms with E-state index in [0.29, 0.717) is 26.2 Å². The Balaban J connectivity index is 1.47. The van der Waals surface area contributed by atoms with Crippen molar-refractivity contribution in [1.29, 1.82) is 0 Å². The molecule has 1 saturated carbocycles. The number of carbonyl (C=O) groups is 1. The molecule has 1 aromatic rings. The number of fused-ring (bicyclic) bond motifs is 1. The number of phenols is 1. The molecule has 2 unspecified atom stereocenters. The van der Waals surface area contributed by atoms with E-state index >= 15 is 0 Å². The standard InChI is InChI=1S/C16H18Cl2N2O4S/c17-11-3-13(15(21)14(18)4-11)16(22)19-5-9-7-20(8-10(9)6-19)25(23,24)12-1-2-12/h3-4,9-10,12,21H,1-2,5-8H2. The maximum Gasteiger partial charge on any atom is 0.257 e. The van der Waals surface area contributed by atoms with Crippen LogP contribution in [-0.2, 0) is 10.0 Å². The number of rotatable bonds is 3. The van der Waals surface area contributed by atoms with Crippen molar-refractivity contribution in [2.45, 2.75) is 18.1 Å². The number of sulfonamides is 1. The maximum absolute atomic E-state index is 12.7. The van der Waals surface area contributed by atoms with Gasteiger partial charge in [0.05, 0.1) is 15.8 Å². The second-order valence-electron chi connectivity index (χ2n) is 7.08. The Kier molecular flexibility index (Phi) is 4.18. The summed E-state index contributed by atoms with van der Waals surface area (Å²) in [5.74, 6) is -0.331.